The van der Waals surface area contributed by atoms with E-state index < -0.39 is 47.1 Å². The highest BCUT2D eigenvalue weighted by molar-refractivity contribution is 6.21. The molecule has 0 radical (unpaired) electrons. The third-order valence-corrected chi connectivity index (χ3v) is 7.15. The largest absolute Gasteiger partial charge is 0.454 e. The Morgan fingerprint density at radius 2 is 1.80 bits per heavy atom. The Morgan fingerprint density at radius 3 is 2.37 bits per heavy atom. The highest BCUT2D eigenvalue weighted by Crippen LogP contribution is 2.54. The van der Waals surface area contributed by atoms with Crippen molar-refractivity contribution in [3.8, 4) is 0 Å². The molecule has 1 aromatic carbocycles. The number of esters is 1. The minimum absolute atomic E-state index is 0.00502. The summed E-state index contributed by atoms with van der Waals surface area (Å²) < 4.78 is 11.5. The quantitative estimate of drug-likeness (QED) is 0.207. The molecule has 1 unspecified atom stereocenters. The molecule has 4 rings (SSSR count). The number of allylic oxidation sites excluding steroid dienone is 1. The molecule has 1 aromatic rings. The summed E-state index contributed by atoms with van der Waals surface area (Å²) in [6, 6.07) is 6.20. The number of hydrazine groups is 1. The zero-order valence-electron chi connectivity index (χ0n) is 20.9. The van der Waals surface area contributed by atoms with Crippen molar-refractivity contribution >= 4 is 23.9 Å². The molecule has 3 aliphatic heterocycles. The van der Waals surface area contributed by atoms with Crippen LogP contribution >= 0.6 is 0 Å². The van der Waals surface area contributed by atoms with Crippen LogP contribution in [0.25, 0.3) is 0 Å². The first kappa shape index (κ1) is 24.9. The number of cyclic esters (lactones) is 1. The monoisotopic (exact) mass is 483 g/mol. The lowest BCUT2D eigenvalue weighted by Gasteiger charge is -2.36. The van der Waals surface area contributed by atoms with E-state index >= 15 is 0 Å². The smallest absolute Gasteiger partial charge is 0.408 e. The summed E-state index contributed by atoms with van der Waals surface area (Å²) >= 11 is 0. The van der Waals surface area contributed by atoms with Crippen LogP contribution in [-0.2, 0) is 14.3 Å². The third kappa shape index (κ3) is 4.01. The van der Waals surface area contributed by atoms with Crippen LogP contribution in [0.1, 0.15) is 81.0 Å². The molecule has 2 saturated heterocycles. The number of carbonyl (C=O) groups excluding carboxylic acids is 4. The van der Waals surface area contributed by atoms with E-state index in [1.165, 1.54) is 0 Å². The maximum atomic E-state index is 13.4. The van der Waals surface area contributed by atoms with Crippen molar-refractivity contribution in [3.63, 3.8) is 0 Å². The molecule has 9 heteroatoms. The second-order valence-electron chi connectivity index (χ2n) is 10.1. The van der Waals surface area contributed by atoms with Crippen LogP contribution in [0.2, 0.25) is 0 Å². The Labute approximate surface area is 205 Å². The normalized spacial score (nSPS) is 29.4. The number of carbonyl (C=O) groups is 4. The number of benzene rings is 1. The van der Waals surface area contributed by atoms with Crippen LogP contribution in [0.3, 0.4) is 0 Å². The summed E-state index contributed by atoms with van der Waals surface area (Å²) in [7, 11) is 0. The Morgan fingerprint density at radius 1 is 1.17 bits per heavy atom. The minimum atomic E-state index is -1.30. The fourth-order valence-corrected chi connectivity index (χ4v) is 5.15. The Kier molecular flexibility index (Phi) is 6.48. The van der Waals surface area contributed by atoms with Gasteiger partial charge in [-0.25, -0.2) is 9.59 Å². The number of unbranched alkanes of at least 4 members (excludes halogenated alkanes) is 2. The molecule has 9 nitrogen and oxygen atoms in total. The predicted molar refractivity (Wildman–Crippen MR) is 127 cm³/mol. The Hall–Kier alpha value is -3.20. The molecule has 0 aliphatic carbocycles. The van der Waals surface area contributed by atoms with Gasteiger partial charge in [-0.15, -0.1) is 0 Å². The van der Waals surface area contributed by atoms with Crippen molar-refractivity contribution in [2.45, 2.75) is 78.1 Å². The molecule has 3 aliphatic rings. The van der Waals surface area contributed by atoms with Gasteiger partial charge < -0.3 is 9.47 Å². The molecule has 4 atom stereocenters. The van der Waals surface area contributed by atoms with Gasteiger partial charge in [-0.2, -0.15) is 10.0 Å². The maximum Gasteiger partial charge on any atom is 0.408 e. The standard InChI is InChI=1S/C26H33N3O6/c1-6-8-9-14-19-26(29(19)28-20(30)17-12-10-11-13-18(17)21(28)31)23(35-22(32)16(3)7-2)25(4,5)15-34-24(33)27-26/h7,10-13,19,23H,6,8-9,14-15H2,1-5H3,(H,27,33)/b16-7+/t19-,23-,26-,29?/m1/s1. The Bertz CT molecular complexity index is 1060. The molecule has 3 heterocycles. The first-order chi connectivity index (χ1) is 16.6. The van der Waals surface area contributed by atoms with Crippen LogP contribution in [0.5, 0.6) is 0 Å². The molecule has 0 saturated carbocycles. The number of hydrogen-bond acceptors (Lipinski definition) is 7. The molecule has 0 bridgehead atoms. The van der Waals surface area contributed by atoms with E-state index in [2.05, 4.69) is 12.2 Å². The van der Waals surface area contributed by atoms with E-state index in [4.69, 9.17) is 9.47 Å². The molecule has 1 N–H and O–H groups in total. The van der Waals surface area contributed by atoms with Crippen molar-refractivity contribution in [2.75, 3.05) is 6.61 Å². The van der Waals surface area contributed by atoms with Crippen LogP contribution in [0.4, 0.5) is 4.79 Å². The van der Waals surface area contributed by atoms with Gasteiger partial charge in [-0.05, 0) is 32.4 Å². The molecule has 0 aromatic heterocycles. The van der Waals surface area contributed by atoms with Gasteiger partial charge in [0.25, 0.3) is 11.8 Å². The van der Waals surface area contributed by atoms with Crippen LogP contribution in [0, 0.1) is 5.41 Å². The molecule has 188 valence electrons. The summed E-state index contributed by atoms with van der Waals surface area (Å²) in [5, 5.41) is 5.60. The number of hydrogen-bond donors (Lipinski definition) is 1. The molecule has 2 fully saturated rings. The predicted octanol–water partition coefficient (Wildman–Crippen LogP) is 3.80. The van der Waals surface area contributed by atoms with E-state index in [9.17, 15) is 19.2 Å². The Balaban J connectivity index is 1.80. The lowest BCUT2D eigenvalue weighted by molar-refractivity contribution is -0.157. The number of ether oxygens (including phenoxy) is 2. The van der Waals surface area contributed by atoms with Crippen LogP contribution in [-0.4, -0.2) is 58.3 Å². The molecule has 1 spiro atoms. The van der Waals surface area contributed by atoms with Crippen LogP contribution in [0.15, 0.2) is 35.9 Å². The van der Waals surface area contributed by atoms with Gasteiger partial charge in [0, 0.05) is 11.0 Å². The van der Waals surface area contributed by atoms with Gasteiger partial charge in [0.15, 0.2) is 11.8 Å². The van der Waals surface area contributed by atoms with Crippen molar-refractivity contribution < 1.29 is 28.7 Å². The van der Waals surface area contributed by atoms with E-state index in [0.29, 0.717) is 23.1 Å². The summed E-state index contributed by atoms with van der Waals surface area (Å²) in [5.74, 6) is -1.45. The zero-order valence-corrected chi connectivity index (χ0v) is 20.9. The molecule has 3 amide bonds. The number of nitrogens with one attached hydrogen (secondary N) is 1. The topological polar surface area (TPSA) is 105 Å². The van der Waals surface area contributed by atoms with Crippen molar-refractivity contribution in [2.24, 2.45) is 5.41 Å². The van der Waals surface area contributed by atoms with E-state index in [-0.39, 0.29) is 6.61 Å². The maximum absolute atomic E-state index is 13.4. The van der Waals surface area contributed by atoms with Gasteiger partial charge >= 0.3 is 12.1 Å². The lowest BCUT2D eigenvalue weighted by atomic mass is 9.81. The fourth-order valence-electron chi connectivity index (χ4n) is 5.15. The average molecular weight is 484 g/mol. The molecular weight excluding hydrogens is 450 g/mol. The van der Waals surface area contributed by atoms with Crippen LogP contribution < -0.4 is 5.32 Å². The lowest BCUT2D eigenvalue weighted by Crippen LogP contribution is -2.58. The van der Waals surface area contributed by atoms with E-state index in [1.54, 1.807) is 49.2 Å². The first-order valence-electron chi connectivity index (χ1n) is 12.2. The number of rotatable bonds is 7. The van der Waals surface area contributed by atoms with E-state index in [0.717, 1.165) is 24.3 Å². The minimum Gasteiger partial charge on any atom is -0.454 e. The SMILES string of the molecule is C/C=C(\C)C(=O)O[C@@H]1C(C)(C)COC(=O)N[C@@]12[C@@H](CCCCC)N2N1C(=O)c2ccccc2C1=O. The third-order valence-electron chi connectivity index (χ3n) is 7.15. The highest BCUT2D eigenvalue weighted by atomic mass is 16.6. The first-order valence-corrected chi connectivity index (χ1v) is 12.2. The summed E-state index contributed by atoms with van der Waals surface area (Å²) in [5.41, 5.74) is -1.08. The number of nitrogens with zero attached hydrogens (tertiary/aromatic N) is 2. The van der Waals surface area contributed by atoms with Gasteiger partial charge in [-0.1, -0.05) is 58.2 Å². The fraction of sp³-hybridized carbons (Fsp3) is 0.538. The zero-order chi connectivity index (χ0) is 25.5. The van der Waals surface area contributed by atoms with E-state index in [1.807, 2.05) is 13.8 Å². The average Bonchev–Trinajstić information content (AvgIpc) is 3.39. The van der Waals surface area contributed by atoms with Gasteiger partial charge in [0.1, 0.15) is 6.61 Å². The number of amides is 3. The summed E-state index contributed by atoms with van der Waals surface area (Å²) in [6.07, 6.45) is 3.41. The molecular formula is C26H33N3O6. The van der Waals surface area contributed by atoms with Gasteiger partial charge in [0.05, 0.1) is 17.2 Å². The highest BCUT2D eigenvalue weighted by Gasteiger charge is 2.77. The van der Waals surface area contributed by atoms with Gasteiger partial charge in [0.2, 0.25) is 0 Å². The van der Waals surface area contributed by atoms with Crippen molar-refractivity contribution in [1.29, 1.82) is 0 Å². The van der Waals surface area contributed by atoms with Crippen molar-refractivity contribution in [1.82, 2.24) is 15.3 Å². The number of fused-ring (bicyclic) bond motifs is 1. The number of imide groups is 1. The number of alkyl carbamates (subject to hydrolysis) is 1. The van der Waals surface area contributed by atoms with Crippen molar-refractivity contribution in [3.05, 3.63) is 47.0 Å². The molecule has 35 heavy (non-hydrogen) atoms. The second-order valence-corrected chi connectivity index (χ2v) is 10.1. The summed E-state index contributed by atoms with van der Waals surface area (Å²) in [4.78, 5) is 52.5. The van der Waals surface area contributed by atoms with Gasteiger partial charge in [-0.3, -0.25) is 14.9 Å². The second kappa shape index (κ2) is 9.11. The summed E-state index contributed by atoms with van der Waals surface area (Å²) in [6.45, 7) is 9.18.